The van der Waals surface area contributed by atoms with Crippen molar-refractivity contribution in [2.45, 2.75) is 18.9 Å². The first-order valence-corrected chi connectivity index (χ1v) is 5.03. The Kier molecular flexibility index (Phi) is 2.87. The molecule has 0 bridgehead atoms. The molecule has 0 spiro atoms. The van der Waals surface area contributed by atoms with Crippen LogP contribution in [0, 0.1) is 0 Å². The highest BCUT2D eigenvalue weighted by Gasteiger charge is 2.09. The number of aryl methyl sites for hydroxylation is 2. The summed E-state index contributed by atoms with van der Waals surface area (Å²) >= 11 is 0. The predicted octanol–water partition coefficient (Wildman–Crippen LogP) is 1.65. The van der Waals surface area contributed by atoms with Gasteiger partial charge in [-0.3, -0.25) is 4.68 Å². The molecule has 2 N–H and O–H groups in total. The first kappa shape index (κ1) is 9.98. The van der Waals surface area contributed by atoms with Gasteiger partial charge in [0.25, 0.3) is 0 Å². The monoisotopic (exact) mass is 205 g/mol. The zero-order valence-corrected chi connectivity index (χ0v) is 8.76. The minimum Gasteiger partial charge on any atom is -0.468 e. The van der Waals surface area contributed by atoms with Crippen molar-refractivity contribution >= 4 is 0 Å². The Balaban J connectivity index is 1.91. The van der Waals surface area contributed by atoms with Crippen LogP contribution in [-0.2, 0) is 13.5 Å². The van der Waals surface area contributed by atoms with Crippen molar-refractivity contribution in [1.82, 2.24) is 9.78 Å². The number of hydrogen-bond donors (Lipinski definition) is 1. The van der Waals surface area contributed by atoms with Crippen LogP contribution in [0.3, 0.4) is 0 Å². The Morgan fingerprint density at radius 3 is 3.00 bits per heavy atom. The zero-order chi connectivity index (χ0) is 10.7. The Bertz CT molecular complexity index is 405. The molecule has 15 heavy (non-hydrogen) atoms. The number of aromatic nitrogens is 2. The lowest BCUT2D eigenvalue weighted by Gasteiger charge is -2.08. The average molecular weight is 205 g/mol. The molecule has 0 saturated heterocycles. The lowest BCUT2D eigenvalue weighted by Crippen LogP contribution is -2.11. The smallest absolute Gasteiger partial charge is 0.120 e. The molecule has 0 amide bonds. The second-order valence-corrected chi connectivity index (χ2v) is 3.61. The minimum atomic E-state index is -0.0325. The molecule has 0 saturated carbocycles. The average Bonchev–Trinajstić information content (AvgIpc) is 2.85. The van der Waals surface area contributed by atoms with Crippen molar-refractivity contribution < 1.29 is 4.42 Å². The van der Waals surface area contributed by atoms with E-state index in [9.17, 15) is 0 Å². The zero-order valence-electron chi connectivity index (χ0n) is 8.76. The third-order valence-corrected chi connectivity index (χ3v) is 2.54. The van der Waals surface area contributed by atoms with Crippen molar-refractivity contribution in [3.8, 4) is 0 Å². The van der Waals surface area contributed by atoms with Gasteiger partial charge in [-0.15, -0.1) is 0 Å². The summed E-state index contributed by atoms with van der Waals surface area (Å²) < 4.78 is 7.12. The summed E-state index contributed by atoms with van der Waals surface area (Å²) in [4.78, 5) is 0. The second kappa shape index (κ2) is 4.31. The molecule has 2 heterocycles. The van der Waals surface area contributed by atoms with Crippen LogP contribution < -0.4 is 5.73 Å². The molecule has 0 aromatic carbocycles. The summed E-state index contributed by atoms with van der Waals surface area (Å²) in [6, 6.07) is 5.75. The highest BCUT2D eigenvalue weighted by molar-refractivity contribution is 5.06. The molecular formula is C11H15N3O. The van der Waals surface area contributed by atoms with Crippen LogP contribution in [0.2, 0.25) is 0 Å². The molecule has 1 atom stereocenters. The third kappa shape index (κ3) is 2.27. The Morgan fingerprint density at radius 2 is 2.40 bits per heavy atom. The summed E-state index contributed by atoms with van der Waals surface area (Å²) in [5, 5.41) is 4.11. The van der Waals surface area contributed by atoms with Gasteiger partial charge in [-0.2, -0.15) is 5.10 Å². The summed E-state index contributed by atoms with van der Waals surface area (Å²) in [5.41, 5.74) is 7.17. The van der Waals surface area contributed by atoms with E-state index in [2.05, 4.69) is 5.10 Å². The van der Waals surface area contributed by atoms with E-state index in [1.807, 2.05) is 29.9 Å². The van der Waals surface area contributed by atoms with E-state index in [0.29, 0.717) is 0 Å². The molecule has 0 aliphatic heterocycles. The normalized spacial score (nSPS) is 12.9. The standard InChI is InChI=1S/C11H15N3O/c1-14-9(6-7-13-14)4-5-10(12)11-3-2-8-15-11/h2-3,6-8,10H,4-5,12H2,1H3. The van der Waals surface area contributed by atoms with Gasteiger partial charge in [0.2, 0.25) is 0 Å². The van der Waals surface area contributed by atoms with Gasteiger partial charge in [0.15, 0.2) is 0 Å². The molecule has 0 fully saturated rings. The van der Waals surface area contributed by atoms with Gasteiger partial charge < -0.3 is 10.2 Å². The molecule has 0 aliphatic rings. The van der Waals surface area contributed by atoms with E-state index in [1.54, 1.807) is 12.5 Å². The molecule has 80 valence electrons. The van der Waals surface area contributed by atoms with Gasteiger partial charge in [-0.25, -0.2) is 0 Å². The Labute approximate surface area is 88.7 Å². The molecule has 2 rings (SSSR count). The molecule has 0 aliphatic carbocycles. The lowest BCUT2D eigenvalue weighted by molar-refractivity contribution is 0.449. The third-order valence-electron chi connectivity index (χ3n) is 2.54. The van der Waals surface area contributed by atoms with E-state index in [0.717, 1.165) is 18.6 Å². The van der Waals surface area contributed by atoms with Crippen molar-refractivity contribution in [3.63, 3.8) is 0 Å². The predicted molar refractivity (Wildman–Crippen MR) is 57.2 cm³/mol. The number of rotatable bonds is 4. The number of nitrogens with two attached hydrogens (primary N) is 1. The van der Waals surface area contributed by atoms with Crippen molar-refractivity contribution in [1.29, 1.82) is 0 Å². The number of nitrogens with zero attached hydrogens (tertiary/aromatic N) is 2. The summed E-state index contributed by atoms with van der Waals surface area (Å²) in [5.74, 6) is 0.845. The summed E-state index contributed by atoms with van der Waals surface area (Å²) in [7, 11) is 1.94. The molecule has 4 heteroatoms. The van der Waals surface area contributed by atoms with Gasteiger partial charge >= 0.3 is 0 Å². The minimum absolute atomic E-state index is 0.0325. The van der Waals surface area contributed by atoms with E-state index < -0.39 is 0 Å². The van der Waals surface area contributed by atoms with Crippen LogP contribution in [0.15, 0.2) is 35.1 Å². The molecule has 2 aromatic heterocycles. The SMILES string of the molecule is Cn1nccc1CCC(N)c1ccco1. The fourth-order valence-corrected chi connectivity index (χ4v) is 1.59. The van der Waals surface area contributed by atoms with E-state index >= 15 is 0 Å². The lowest BCUT2D eigenvalue weighted by atomic mass is 10.1. The van der Waals surface area contributed by atoms with Crippen LogP contribution in [0.4, 0.5) is 0 Å². The molecule has 2 aromatic rings. The van der Waals surface area contributed by atoms with Gasteiger partial charge in [-0.05, 0) is 31.0 Å². The van der Waals surface area contributed by atoms with E-state index in [4.69, 9.17) is 10.2 Å². The first-order valence-electron chi connectivity index (χ1n) is 5.03. The Morgan fingerprint density at radius 1 is 1.53 bits per heavy atom. The summed E-state index contributed by atoms with van der Waals surface area (Å²) in [6.07, 6.45) is 5.23. The van der Waals surface area contributed by atoms with Crippen molar-refractivity contribution in [3.05, 3.63) is 42.1 Å². The topological polar surface area (TPSA) is 57.0 Å². The van der Waals surface area contributed by atoms with Gasteiger partial charge in [0, 0.05) is 18.9 Å². The maximum absolute atomic E-state index is 5.98. The fourth-order valence-electron chi connectivity index (χ4n) is 1.59. The van der Waals surface area contributed by atoms with E-state index in [1.165, 1.54) is 5.69 Å². The first-order chi connectivity index (χ1) is 7.27. The van der Waals surface area contributed by atoms with Crippen molar-refractivity contribution in [2.24, 2.45) is 12.8 Å². The quantitative estimate of drug-likeness (QED) is 0.825. The maximum Gasteiger partial charge on any atom is 0.120 e. The van der Waals surface area contributed by atoms with Gasteiger partial charge in [0.05, 0.1) is 12.3 Å². The maximum atomic E-state index is 5.98. The molecule has 0 radical (unpaired) electrons. The van der Waals surface area contributed by atoms with Gasteiger partial charge in [0.1, 0.15) is 5.76 Å². The molecule has 4 nitrogen and oxygen atoms in total. The number of furan rings is 1. The molecule has 1 unspecified atom stereocenters. The van der Waals surface area contributed by atoms with Crippen LogP contribution in [0.5, 0.6) is 0 Å². The molecular weight excluding hydrogens is 190 g/mol. The van der Waals surface area contributed by atoms with Crippen LogP contribution in [0.25, 0.3) is 0 Å². The second-order valence-electron chi connectivity index (χ2n) is 3.61. The van der Waals surface area contributed by atoms with Crippen LogP contribution >= 0.6 is 0 Å². The van der Waals surface area contributed by atoms with Gasteiger partial charge in [-0.1, -0.05) is 0 Å². The van der Waals surface area contributed by atoms with Crippen molar-refractivity contribution in [2.75, 3.05) is 0 Å². The Hall–Kier alpha value is -1.55. The van der Waals surface area contributed by atoms with Crippen LogP contribution in [0.1, 0.15) is 23.9 Å². The number of hydrogen-bond acceptors (Lipinski definition) is 3. The fraction of sp³-hybridized carbons (Fsp3) is 0.364. The van der Waals surface area contributed by atoms with E-state index in [-0.39, 0.29) is 6.04 Å². The largest absolute Gasteiger partial charge is 0.468 e. The van der Waals surface area contributed by atoms with Crippen LogP contribution in [-0.4, -0.2) is 9.78 Å². The highest BCUT2D eigenvalue weighted by atomic mass is 16.3. The highest BCUT2D eigenvalue weighted by Crippen LogP contribution is 2.16. The summed E-state index contributed by atoms with van der Waals surface area (Å²) in [6.45, 7) is 0.